The zero-order valence-corrected chi connectivity index (χ0v) is 12.1. The third-order valence-corrected chi connectivity index (χ3v) is 3.96. The Bertz CT molecular complexity index is 556. The molecule has 4 heteroatoms. The average molecular weight is 283 g/mol. The van der Waals surface area contributed by atoms with E-state index in [2.05, 4.69) is 16.0 Å². The number of benzene rings is 1. The first-order valence-electron chi connectivity index (χ1n) is 7.45. The first kappa shape index (κ1) is 13.9. The fourth-order valence-electron chi connectivity index (χ4n) is 2.89. The molecule has 1 aromatic carbocycles. The summed E-state index contributed by atoms with van der Waals surface area (Å²) in [6, 6.07) is 12.2. The highest BCUT2D eigenvalue weighted by Crippen LogP contribution is 2.30. The Morgan fingerprint density at radius 1 is 1.24 bits per heavy atom. The Labute approximate surface area is 125 Å². The number of hydrogen-bond donors (Lipinski definition) is 1. The number of ether oxygens (including phenoxy) is 1. The minimum absolute atomic E-state index is 0.480. The highest BCUT2D eigenvalue weighted by atomic mass is 16.5. The topological polar surface area (TPSA) is 51.4 Å². The fraction of sp³-hybridized carbons (Fsp3) is 0.353. The molecule has 0 bridgehead atoms. The molecule has 4 nitrogen and oxygen atoms in total. The predicted molar refractivity (Wildman–Crippen MR) is 84.1 cm³/mol. The molecule has 0 saturated carbocycles. The second-order valence-electron chi connectivity index (χ2n) is 5.40. The molecule has 0 aliphatic carbocycles. The van der Waals surface area contributed by atoms with Crippen molar-refractivity contribution in [2.45, 2.75) is 18.9 Å². The molecule has 1 saturated heterocycles. The van der Waals surface area contributed by atoms with Gasteiger partial charge in [-0.3, -0.25) is 9.88 Å². The van der Waals surface area contributed by atoms with Gasteiger partial charge in [0.2, 0.25) is 0 Å². The van der Waals surface area contributed by atoms with Crippen molar-refractivity contribution in [2.75, 3.05) is 25.4 Å². The van der Waals surface area contributed by atoms with Crippen LogP contribution in [0.25, 0.3) is 0 Å². The van der Waals surface area contributed by atoms with E-state index >= 15 is 0 Å². The Balaban J connectivity index is 1.53. The molecule has 110 valence electrons. The van der Waals surface area contributed by atoms with E-state index in [0.29, 0.717) is 12.6 Å². The number of nitrogen functional groups attached to an aromatic ring is 1. The summed E-state index contributed by atoms with van der Waals surface area (Å²) in [5, 5.41) is 0. The second-order valence-corrected chi connectivity index (χ2v) is 5.40. The van der Waals surface area contributed by atoms with Crippen molar-refractivity contribution in [1.29, 1.82) is 0 Å². The number of rotatable bonds is 5. The van der Waals surface area contributed by atoms with Crippen LogP contribution in [0.15, 0.2) is 48.8 Å². The minimum atomic E-state index is 0.480. The molecular formula is C17H21N3O. The maximum absolute atomic E-state index is 5.79. The van der Waals surface area contributed by atoms with Crippen LogP contribution in [0, 0.1) is 0 Å². The van der Waals surface area contributed by atoms with Crippen LogP contribution >= 0.6 is 0 Å². The summed E-state index contributed by atoms with van der Waals surface area (Å²) >= 11 is 0. The molecule has 1 aliphatic heterocycles. The lowest BCUT2D eigenvalue weighted by Crippen LogP contribution is -2.28. The number of hydrogen-bond acceptors (Lipinski definition) is 4. The van der Waals surface area contributed by atoms with Crippen molar-refractivity contribution in [2.24, 2.45) is 0 Å². The van der Waals surface area contributed by atoms with E-state index in [4.69, 9.17) is 10.5 Å². The zero-order chi connectivity index (χ0) is 14.5. The van der Waals surface area contributed by atoms with Gasteiger partial charge in [-0.2, -0.15) is 0 Å². The zero-order valence-electron chi connectivity index (χ0n) is 12.1. The summed E-state index contributed by atoms with van der Waals surface area (Å²) in [6.45, 7) is 2.76. The average Bonchev–Trinajstić information content (AvgIpc) is 2.99. The number of likely N-dealkylation sites (tertiary alicyclic amines) is 1. The highest BCUT2D eigenvalue weighted by molar-refractivity contribution is 5.41. The molecule has 0 amide bonds. The van der Waals surface area contributed by atoms with Crippen molar-refractivity contribution in [1.82, 2.24) is 9.88 Å². The van der Waals surface area contributed by atoms with Crippen molar-refractivity contribution >= 4 is 5.69 Å². The third-order valence-electron chi connectivity index (χ3n) is 3.96. The summed E-state index contributed by atoms with van der Waals surface area (Å²) < 4.78 is 5.79. The van der Waals surface area contributed by atoms with E-state index in [9.17, 15) is 0 Å². The summed E-state index contributed by atoms with van der Waals surface area (Å²) in [5.41, 5.74) is 7.74. The van der Waals surface area contributed by atoms with Gasteiger partial charge in [-0.25, -0.2) is 0 Å². The van der Waals surface area contributed by atoms with E-state index in [1.165, 1.54) is 18.4 Å². The van der Waals surface area contributed by atoms with Gasteiger partial charge in [-0.15, -0.1) is 0 Å². The molecule has 1 fully saturated rings. The summed E-state index contributed by atoms with van der Waals surface area (Å²) in [6.07, 6.45) is 6.24. The van der Waals surface area contributed by atoms with Crippen molar-refractivity contribution in [3.05, 3.63) is 54.4 Å². The van der Waals surface area contributed by atoms with Crippen LogP contribution in [0.2, 0.25) is 0 Å². The van der Waals surface area contributed by atoms with Gasteiger partial charge in [0.25, 0.3) is 0 Å². The van der Waals surface area contributed by atoms with Gasteiger partial charge in [0.1, 0.15) is 12.4 Å². The minimum Gasteiger partial charge on any atom is -0.492 e. The summed E-state index contributed by atoms with van der Waals surface area (Å²) in [4.78, 5) is 6.71. The molecule has 0 spiro atoms. The van der Waals surface area contributed by atoms with E-state index in [1.54, 1.807) is 0 Å². The van der Waals surface area contributed by atoms with Gasteiger partial charge >= 0.3 is 0 Å². The SMILES string of the molecule is Nc1ccc(OCCN2CCCC2c2cccnc2)cc1. The largest absolute Gasteiger partial charge is 0.492 e. The lowest BCUT2D eigenvalue weighted by Gasteiger charge is -2.24. The number of anilines is 1. The third kappa shape index (κ3) is 3.52. The lowest BCUT2D eigenvalue weighted by atomic mass is 10.1. The fourth-order valence-corrected chi connectivity index (χ4v) is 2.89. The molecule has 2 N–H and O–H groups in total. The quantitative estimate of drug-likeness (QED) is 0.857. The second kappa shape index (κ2) is 6.59. The predicted octanol–water partition coefficient (Wildman–Crippen LogP) is 2.88. The van der Waals surface area contributed by atoms with E-state index in [1.807, 2.05) is 42.7 Å². The van der Waals surface area contributed by atoms with E-state index < -0.39 is 0 Å². The number of nitrogens with zero attached hydrogens (tertiary/aromatic N) is 2. The maximum atomic E-state index is 5.79. The number of aromatic nitrogens is 1. The lowest BCUT2D eigenvalue weighted by molar-refractivity contribution is 0.197. The van der Waals surface area contributed by atoms with E-state index in [0.717, 1.165) is 24.5 Å². The van der Waals surface area contributed by atoms with Gasteiger partial charge in [-0.05, 0) is 55.3 Å². The maximum Gasteiger partial charge on any atom is 0.119 e. The normalized spacial score (nSPS) is 18.8. The van der Waals surface area contributed by atoms with Crippen LogP contribution in [-0.2, 0) is 0 Å². The van der Waals surface area contributed by atoms with Crippen molar-refractivity contribution < 1.29 is 4.74 Å². The number of nitrogens with two attached hydrogens (primary N) is 1. The van der Waals surface area contributed by atoms with Crippen LogP contribution in [0.3, 0.4) is 0 Å². The number of pyridine rings is 1. The van der Waals surface area contributed by atoms with Crippen LogP contribution < -0.4 is 10.5 Å². The molecule has 2 aromatic rings. The Morgan fingerprint density at radius 3 is 2.86 bits per heavy atom. The molecule has 1 aromatic heterocycles. The van der Waals surface area contributed by atoms with Crippen LogP contribution in [0.1, 0.15) is 24.4 Å². The molecule has 1 atom stereocenters. The molecule has 3 rings (SSSR count). The van der Waals surface area contributed by atoms with E-state index in [-0.39, 0.29) is 0 Å². The Morgan fingerprint density at radius 2 is 2.10 bits per heavy atom. The standard InChI is InChI=1S/C17H21N3O/c18-15-5-7-16(8-6-15)21-12-11-20-10-2-4-17(20)14-3-1-9-19-13-14/h1,3,5-9,13,17H,2,4,10-12,18H2. The molecule has 0 radical (unpaired) electrons. The molecular weight excluding hydrogens is 262 g/mol. The molecule has 21 heavy (non-hydrogen) atoms. The molecule has 1 aliphatic rings. The molecule has 1 unspecified atom stereocenters. The smallest absolute Gasteiger partial charge is 0.119 e. The highest BCUT2D eigenvalue weighted by Gasteiger charge is 2.25. The summed E-state index contributed by atoms with van der Waals surface area (Å²) in [7, 11) is 0. The first-order chi connectivity index (χ1) is 10.3. The Kier molecular flexibility index (Phi) is 4.36. The van der Waals surface area contributed by atoms with Crippen LogP contribution in [0.4, 0.5) is 5.69 Å². The van der Waals surface area contributed by atoms with Gasteiger partial charge in [0, 0.05) is 30.7 Å². The summed E-state index contributed by atoms with van der Waals surface area (Å²) in [5.74, 6) is 0.876. The van der Waals surface area contributed by atoms with Crippen LogP contribution in [-0.4, -0.2) is 29.6 Å². The van der Waals surface area contributed by atoms with Gasteiger partial charge in [0.05, 0.1) is 0 Å². The van der Waals surface area contributed by atoms with Gasteiger partial charge < -0.3 is 10.5 Å². The van der Waals surface area contributed by atoms with Gasteiger partial charge in [-0.1, -0.05) is 6.07 Å². The van der Waals surface area contributed by atoms with Crippen molar-refractivity contribution in [3.63, 3.8) is 0 Å². The monoisotopic (exact) mass is 283 g/mol. The molecule has 2 heterocycles. The van der Waals surface area contributed by atoms with Crippen LogP contribution in [0.5, 0.6) is 5.75 Å². The van der Waals surface area contributed by atoms with Gasteiger partial charge in [0.15, 0.2) is 0 Å². The van der Waals surface area contributed by atoms with Crippen molar-refractivity contribution in [3.8, 4) is 5.75 Å². The first-order valence-corrected chi connectivity index (χ1v) is 7.45. The Hall–Kier alpha value is -2.07.